The minimum Gasteiger partial charge on any atom is -0.338 e. The fraction of sp³-hybridized carbons (Fsp3) is 0.250. The standard InChI is InChI=1S/C20H19N3O2S/c1-13-6-5-9-16-18(13)21-20(26-16)22-19(25)15-10-17(24)23(12-15)11-14-7-3-2-4-8-14/h2-9,15H,10-12H2,1H3,(H,21,22,25)/t15-/m1/s1. The van der Waals surface area contributed by atoms with Gasteiger partial charge in [0, 0.05) is 19.5 Å². The van der Waals surface area contributed by atoms with Crippen LogP contribution < -0.4 is 5.32 Å². The number of fused-ring (bicyclic) bond motifs is 1. The molecule has 1 N–H and O–H groups in total. The molecule has 132 valence electrons. The minimum atomic E-state index is -0.334. The molecule has 1 aliphatic heterocycles. The monoisotopic (exact) mass is 365 g/mol. The predicted octanol–water partition coefficient (Wildman–Crippen LogP) is 3.59. The second-order valence-electron chi connectivity index (χ2n) is 6.59. The maximum atomic E-state index is 12.6. The first kappa shape index (κ1) is 16.7. The molecule has 2 heterocycles. The van der Waals surface area contributed by atoms with Crippen LogP contribution in [0.2, 0.25) is 0 Å². The minimum absolute atomic E-state index is 0.0224. The lowest BCUT2D eigenvalue weighted by atomic mass is 10.1. The van der Waals surface area contributed by atoms with Gasteiger partial charge in [-0.2, -0.15) is 0 Å². The van der Waals surface area contributed by atoms with Gasteiger partial charge in [-0.15, -0.1) is 0 Å². The summed E-state index contributed by atoms with van der Waals surface area (Å²) in [6.45, 7) is 3.00. The quantitative estimate of drug-likeness (QED) is 0.768. The van der Waals surface area contributed by atoms with Crippen molar-refractivity contribution >= 4 is 38.5 Å². The zero-order valence-corrected chi connectivity index (χ0v) is 15.3. The third-order valence-corrected chi connectivity index (χ3v) is 5.59. The highest BCUT2D eigenvalue weighted by Crippen LogP contribution is 2.29. The number of hydrogen-bond donors (Lipinski definition) is 1. The molecule has 1 aromatic heterocycles. The van der Waals surface area contributed by atoms with Crippen LogP contribution in [0.25, 0.3) is 10.2 Å². The molecule has 1 atom stereocenters. The van der Waals surface area contributed by atoms with Crippen molar-refractivity contribution in [2.24, 2.45) is 5.92 Å². The molecule has 1 aliphatic rings. The fourth-order valence-electron chi connectivity index (χ4n) is 3.25. The normalized spacial score (nSPS) is 17.0. The Labute approximate surface area is 155 Å². The van der Waals surface area contributed by atoms with E-state index in [1.54, 1.807) is 4.90 Å². The number of nitrogens with zero attached hydrogens (tertiary/aromatic N) is 2. The number of thiazole rings is 1. The Kier molecular flexibility index (Phi) is 4.42. The molecule has 0 spiro atoms. The third kappa shape index (κ3) is 3.32. The average molecular weight is 365 g/mol. The molecule has 5 nitrogen and oxygen atoms in total. The molecule has 4 rings (SSSR count). The maximum Gasteiger partial charge on any atom is 0.231 e. The van der Waals surface area contributed by atoms with E-state index >= 15 is 0 Å². The van der Waals surface area contributed by atoms with Crippen molar-refractivity contribution in [2.45, 2.75) is 19.9 Å². The molecule has 6 heteroatoms. The Morgan fingerprint density at radius 1 is 1.23 bits per heavy atom. The SMILES string of the molecule is Cc1cccc2sc(NC(=O)[C@@H]3CC(=O)N(Cc4ccccc4)C3)nc12. The number of benzene rings is 2. The van der Waals surface area contributed by atoms with Crippen molar-refractivity contribution in [3.63, 3.8) is 0 Å². The Morgan fingerprint density at radius 2 is 2.04 bits per heavy atom. The number of nitrogens with one attached hydrogen (secondary N) is 1. The lowest BCUT2D eigenvalue weighted by Crippen LogP contribution is -2.28. The van der Waals surface area contributed by atoms with E-state index in [1.165, 1.54) is 11.3 Å². The molecule has 0 unspecified atom stereocenters. The molecule has 2 amide bonds. The smallest absolute Gasteiger partial charge is 0.231 e. The summed E-state index contributed by atoms with van der Waals surface area (Å²) in [5.41, 5.74) is 3.08. The van der Waals surface area contributed by atoms with Crippen LogP contribution in [0, 0.1) is 12.8 Å². The first-order chi connectivity index (χ1) is 12.6. The Morgan fingerprint density at radius 3 is 2.81 bits per heavy atom. The van der Waals surface area contributed by atoms with Gasteiger partial charge in [0.25, 0.3) is 0 Å². The van der Waals surface area contributed by atoms with Crippen molar-refractivity contribution in [3.8, 4) is 0 Å². The van der Waals surface area contributed by atoms with Crippen LogP contribution in [0.3, 0.4) is 0 Å². The lowest BCUT2D eigenvalue weighted by molar-refractivity contribution is -0.128. The number of anilines is 1. The van der Waals surface area contributed by atoms with E-state index in [1.807, 2.05) is 55.5 Å². The van der Waals surface area contributed by atoms with E-state index in [0.29, 0.717) is 18.2 Å². The van der Waals surface area contributed by atoms with E-state index in [4.69, 9.17) is 0 Å². The van der Waals surface area contributed by atoms with Crippen molar-refractivity contribution in [1.82, 2.24) is 9.88 Å². The summed E-state index contributed by atoms with van der Waals surface area (Å²) >= 11 is 1.46. The van der Waals surface area contributed by atoms with E-state index in [9.17, 15) is 9.59 Å². The number of likely N-dealkylation sites (tertiary alicyclic amines) is 1. The molecule has 26 heavy (non-hydrogen) atoms. The Bertz CT molecular complexity index is 968. The number of para-hydroxylation sites is 1. The van der Waals surface area contributed by atoms with Gasteiger partial charge < -0.3 is 10.2 Å². The van der Waals surface area contributed by atoms with E-state index in [0.717, 1.165) is 21.3 Å². The molecule has 3 aromatic rings. The highest BCUT2D eigenvalue weighted by Gasteiger charge is 2.34. The molecule has 2 aromatic carbocycles. The summed E-state index contributed by atoms with van der Waals surface area (Å²) in [6, 6.07) is 15.8. The number of amides is 2. The largest absolute Gasteiger partial charge is 0.338 e. The molecule has 0 aliphatic carbocycles. The highest BCUT2D eigenvalue weighted by molar-refractivity contribution is 7.22. The number of carbonyl (C=O) groups excluding carboxylic acids is 2. The van der Waals surface area contributed by atoms with Crippen molar-refractivity contribution in [3.05, 3.63) is 59.7 Å². The van der Waals surface area contributed by atoms with E-state index < -0.39 is 0 Å². The van der Waals surface area contributed by atoms with Crippen molar-refractivity contribution in [1.29, 1.82) is 0 Å². The lowest BCUT2D eigenvalue weighted by Gasteiger charge is -2.16. The van der Waals surface area contributed by atoms with Crippen LogP contribution in [0.15, 0.2) is 48.5 Å². The van der Waals surface area contributed by atoms with Crippen LogP contribution in [0.4, 0.5) is 5.13 Å². The first-order valence-corrected chi connectivity index (χ1v) is 9.40. The molecule has 1 saturated heterocycles. The number of carbonyl (C=O) groups is 2. The summed E-state index contributed by atoms with van der Waals surface area (Å²) in [5.74, 6) is -0.445. The van der Waals surface area contributed by atoms with Crippen molar-refractivity contribution < 1.29 is 9.59 Å². The summed E-state index contributed by atoms with van der Waals surface area (Å²) in [6.07, 6.45) is 0.253. The predicted molar refractivity (Wildman–Crippen MR) is 103 cm³/mol. The Hall–Kier alpha value is -2.73. The second kappa shape index (κ2) is 6.88. The van der Waals surface area contributed by atoms with E-state index in [-0.39, 0.29) is 24.2 Å². The average Bonchev–Trinajstić information content (AvgIpc) is 3.20. The topological polar surface area (TPSA) is 62.3 Å². The van der Waals surface area contributed by atoms with Crippen LogP contribution in [-0.4, -0.2) is 28.2 Å². The first-order valence-electron chi connectivity index (χ1n) is 8.59. The molecular formula is C20H19N3O2S. The summed E-state index contributed by atoms with van der Waals surface area (Å²) in [5, 5.41) is 3.49. The number of aromatic nitrogens is 1. The summed E-state index contributed by atoms with van der Waals surface area (Å²) < 4.78 is 1.05. The van der Waals surface area contributed by atoms with Gasteiger partial charge in [0.15, 0.2) is 5.13 Å². The summed E-state index contributed by atoms with van der Waals surface area (Å²) in [4.78, 5) is 31.1. The maximum absolute atomic E-state index is 12.6. The van der Waals surface area contributed by atoms with Gasteiger partial charge in [0.2, 0.25) is 11.8 Å². The fourth-order valence-corrected chi connectivity index (χ4v) is 4.20. The van der Waals surface area contributed by atoms with Crippen LogP contribution in [0.1, 0.15) is 17.5 Å². The zero-order valence-electron chi connectivity index (χ0n) is 14.4. The van der Waals surface area contributed by atoms with E-state index in [2.05, 4.69) is 10.3 Å². The number of hydrogen-bond acceptors (Lipinski definition) is 4. The molecule has 0 bridgehead atoms. The zero-order chi connectivity index (χ0) is 18.1. The van der Waals surface area contributed by atoms with Gasteiger partial charge in [-0.25, -0.2) is 4.98 Å². The molecule has 0 saturated carbocycles. The van der Waals surface area contributed by atoms with Gasteiger partial charge >= 0.3 is 0 Å². The van der Waals surface area contributed by atoms with Gasteiger partial charge in [-0.05, 0) is 24.1 Å². The van der Waals surface area contributed by atoms with Crippen LogP contribution in [0.5, 0.6) is 0 Å². The van der Waals surface area contributed by atoms with Gasteiger partial charge in [-0.1, -0.05) is 53.8 Å². The van der Waals surface area contributed by atoms with Crippen LogP contribution >= 0.6 is 11.3 Å². The third-order valence-electron chi connectivity index (χ3n) is 4.65. The van der Waals surface area contributed by atoms with Crippen LogP contribution in [-0.2, 0) is 16.1 Å². The van der Waals surface area contributed by atoms with Crippen molar-refractivity contribution in [2.75, 3.05) is 11.9 Å². The molecule has 0 radical (unpaired) electrons. The second-order valence-corrected chi connectivity index (χ2v) is 7.62. The molecule has 1 fully saturated rings. The highest BCUT2D eigenvalue weighted by atomic mass is 32.1. The van der Waals surface area contributed by atoms with Gasteiger partial charge in [-0.3, -0.25) is 9.59 Å². The Balaban J connectivity index is 1.43. The summed E-state index contributed by atoms with van der Waals surface area (Å²) in [7, 11) is 0. The van der Waals surface area contributed by atoms with Gasteiger partial charge in [0.05, 0.1) is 16.1 Å². The number of aryl methyl sites for hydroxylation is 1. The number of rotatable bonds is 4. The molecular weight excluding hydrogens is 346 g/mol. The van der Waals surface area contributed by atoms with Gasteiger partial charge in [0.1, 0.15) is 0 Å².